The first-order chi connectivity index (χ1) is 8.99. The average Bonchev–Trinajstić information content (AvgIpc) is 2.77. The van der Waals surface area contributed by atoms with E-state index in [1.807, 2.05) is 0 Å². The summed E-state index contributed by atoms with van der Waals surface area (Å²) in [5.41, 5.74) is 0.181. The summed E-state index contributed by atoms with van der Waals surface area (Å²) < 4.78 is 5.41. The molecule has 1 aromatic heterocycles. The zero-order valence-electron chi connectivity index (χ0n) is 12.6. The second kappa shape index (κ2) is 6.01. The van der Waals surface area contributed by atoms with Crippen LogP contribution in [0.1, 0.15) is 51.9 Å². The normalized spacial score (nSPS) is 19.6. The Morgan fingerprint density at radius 3 is 2.58 bits per heavy atom. The molecule has 1 N–H and O–H groups in total. The number of nitrogens with zero attached hydrogens (tertiary/aromatic N) is 3. The molecule has 1 saturated heterocycles. The van der Waals surface area contributed by atoms with Crippen LogP contribution in [0, 0.1) is 5.41 Å². The molecular weight excluding hydrogens is 240 g/mol. The lowest BCUT2D eigenvalue weighted by Gasteiger charge is -2.32. The third-order valence-corrected chi connectivity index (χ3v) is 3.44. The SMILES string of the molecule is CCC(c1noc(CC(C)(C)C)n1)N1CCNCC1. The Balaban J connectivity index is 2.06. The van der Waals surface area contributed by atoms with Gasteiger partial charge in [-0.25, -0.2) is 0 Å². The third kappa shape index (κ3) is 4.01. The number of piperazine rings is 1. The van der Waals surface area contributed by atoms with E-state index >= 15 is 0 Å². The number of nitrogens with one attached hydrogen (secondary N) is 1. The maximum Gasteiger partial charge on any atom is 0.227 e. The van der Waals surface area contributed by atoms with Gasteiger partial charge in [-0.15, -0.1) is 0 Å². The molecule has 19 heavy (non-hydrogen) atoms. The summed E-state index contributed by atoms with van der Waals surface area (Å²) in [6.07, 6.45) is 1.85. The zero-order chi connectivity index (χ0) is 13.9. The molecule has 108 valence electrons. The van der Waals surface area contributed by atoms with E-state index < -0.39 is 0 Å². The molecule has 1 atom stereocenters. The van der Waals surface area contributed by atoms with E-state index in [0.29, 0.717) is 6.04 Å². The van der Waals surface area contributed by atoms with Gasteiger partial charge >= 0.3 is 0 Å². The molecule has 1 fully saturated rings. The molecule has 0 aromatic carbocycles. The van der Waals surface area contributed by atoms with Crippen molar-refractivity contribution < 1.29 is 4.52 Å². The van der Waals surface area contributed by atoms with Gasteiger partial charge < -0.3 is 9.84 Å². The van der Waals surface area contributed by atoms with Gasteiger partial charge in [-0.2, -0.15) is 4.98 Å². The maximum absolute atomic E-state index is 5.41. The molecule has 1 aliphatic heterocycles. The summed E-state index contributed by atoms with van der Waals surface area (Å²) in [5, 5.41) is 7.57. The van der Waals surface area contributed by atoms with Crippen molar-refractivity contribution in [3.8, 4) is 0 Å². The molecule has 0 saturated carbocycles. The van der Waals surface area contributed by atoms with Crippen LogP contribution in [0.25, 0.3) is 0 Å². The molecule has 2 rings (SSSR count). The number of rotatable bonds is 4. The second-order valence-corrected chi connectivity index (χ2v) is 6.49. The predicted molar refractivity (Wildman–Crippen MR) is 74.9 cm³/mol. The van der Waals surface area contributed by atoms with Gasteiger partial charge in [-0.05, 0) is 11.8 Å². The van der Waals surface area contributed by atoms with Crippen LogP contribution < -0.4 is 5.32 Å². The lowest BCUT2D eigenvalue weighted by atomic mass is 9.92. The van der Waals surface area contributed by atoms with Crippen molar-refractivity contribution in [2.75, 3.05) is 26.2 Å². The monoisotopic (exact) mass is 266 g/mol. The smallest absolute Gasteiger partial charge is 0.227 e. The van der Waals surface area contributed by atoms with Crippen molar-refractivity contribution in [3.05, 3.63) is 11.7 Å². The van der Waals surface area contributed by atoms with E-state index in [0.717, 1.165) is 50.7 Å². The summed E-state index contributed by atoms with van der Waals surface area (Å²) in [6, 6.07) is 0.291. The van der Waals surface area contributed by atoms with E-state index in [9.17, 15) is 0 Å². The van der Waals surface area contributed by atoms with Gasteiger partial charge in [0.05, 0.1) is 6.04 Å². The van der Waals surface area contributed by atoms with E-state index in [1.54, 1.807) is 0 Å². The first-order valence-electron chi connectivity index (χ1n) is 7.27. The zero-order valence-corrected chi connectivity index (χ0v) is 12.6. The van der Waals surface area contributed by atoms with Crippen molar-refractivity contribution in [2.45, 2.75) is 46.6 Å². The summed E-state index contributed by atoms with van der Waals surface area (Å²) in [7, 11) is 0. The molecule has 5 nitrogen and oxygen atoms in total. The highest BCUT2D eigenvalue weighted by Gasteiger charge is 2.26. The summed E-state index contributed by atoms with van der Waals surface area (Å²) in [4.78, 5) is 7.05. The van der Waals surface area contributed by atoms with Crippen molar-refractivity contribution in [3.63, 3.8) is 0 Å². The fourth-order valence-corrected chi connectivity index (χ4v) is 2.53. The molecule has 1 unspecified atom stereocenters. The summed E-state index contributed by atoms with van der Waals surface area (Å²) in [6.45, 7) is 12.9. The van der Waals surface area contributed by atoms with E-state index in [-0.39, 0.29) is 5.41 Å². The Morgan fingerprint density at radius 1 is 1.32 bits per heavy atom. The fraction of sp³-hybridized carbons (Fsp3) is 0.857. The molecule has 1 aromatic rings. The highest BCUT2D eigenvalue weighted by molar-refractivity contribution is 4.97. The molecule has 0 radical (unpaired) electrons. The lowest BCUT2D eigenvalue weighted by molar-refractivity contribution is 0.160. The summed E-state index contributed by atoms with van der Waals surface area (Å²) >= 11 is 0. The lowest BCUT2D eigenvalue weighted by Crippen LogP contribution is -2.45. The molecule has 0 bridgehead atoms. The van der Waals surface area contributed by atoms with E-state index in [1.165, 1.54) is 0 Å². The second-order valence-electron chi connectivity index (χ2n) is 6.49. The van der Waals surface area contributed by atoms with Crippen LogP contribution in [0.4, 0.5) is 0 Å². The molecule has 2 heterocycles. The Labute approximate surface area is 115 Å². The van der Waals surface area contributed by atoms with Gasteiger partial charge in [-0.1, -0.05) is 32.9 Å². The van der Waals surface area contributed by atoms with Crippen LogP contribution in [-0.2, 0) is 6.42 Å². The van der Waals surface area contributed by atoms with Crippen LogP contribution >= 0.6 is 0 Å². The van der Waals surface area contributed by atoms with E-state index in [4.69, 9.17) is 4.52 Å². The standard InChI is InChI=1S/C14H26N4O/c1-5-11(18-8-6-15-7-9-18)13-16-12(19-17-13)10-14(2,3)4/h11,15H,5-10H2,1-4H3. The van der Waals surface area contributed by atoms with Gasteiger partial charge in [0, 0.05) is 32.6 Å². The highest BCUT2D eigenvalue weighted by atomic mass is 16.5. The average molecular weight is 266 g/mol. The van der Waals surface area contributed by atoms with Crippen molar-refractivity contribution in [1.29, 1.82) is 0 Å². The Bertz CT molecular complexity index is 390. The highest BCUT2D eigenvalue weighted by Crippen LogP contribution is 2.24. The molecule has 0 amide bonds. The van der Waals surface area contributed by atoms with Gasteiger partial charge in [0.1, 0.15) is 0 Å². The van der Waals surface area contributed by atoms with Gasteiger partial charge in [0.15, 0.2) is 5.82 Å². The first-order valence-corrected chi connectivity index (χ1v) is 7.27. The molecule has 0 aliphatic carbocycles. The molecule has 1 aliphatic rings. The Hall–Kier alpha value is -0.940. The number of hydrogen-bond acceptors (Lipinski definition) is 5. The number of aromatic nitrogens is 2. The minimum Gasteiger partial charge on any atom is -0.339 e. The minimum atomic E-state index is 0.181. The maximum atomic E-state index is 5.41. The van der Waals surface area contributed by atoms with Crippen LogP contribution in [0.15, 0.2) is 4.52 Å². The van der Waals surface area contributed by atoms with Crippen molar-refractivity contribution in [1.82, 2.24) is 20.4 Å². The van der Waals surface area contributed by atoms with Crippen molar-refractivity contribution in [2.24, 2.45) is 5.41 Å². The van der Waals surface area contributed by atoms with Crippen LogP contribution in [0.3, 0.4) is 0 Å². The predicted octanol–water partition coefficient (Wildman–Crippen LogP) is 2.01. The van der Waals surface area contributed by atoms with Crippen LogP contribution in [0.2, 0.25) is 0 Å². The number of hydrogen-bond donors (Lipinski definition) is 1. The topological polar surface area (TPSA) is 54.2 Å². The minimum absolute atomic E-state index is 0.181. The molecule has 5 heteroatoms. The first kappa shape index (κ1) is 14.5. The molecule has 0 spiro atoms. The Kier molecular flexibility index (Phi) is 4.58. The Morgan fingerprint density at radius 2 is 2.00 bits per heavy atom. The van der Waals surface area contributed by atoms with Gasteiger partial charge in [-0.3, -0.25) is 4.90 Å². The molecular formula is C14H26N4O. The fourth-order valence-electron chi connectivity index (χ4n) is 2.53. The summed E-state index contributed by atoms with van der Waals surface area (Å²) in [5.74, 6) is 1.61. The van der Waals surface area contributed by atoms with Gasteiger partial charge in [0.2, 0.25) is 5.89 Å². The van der Waals surface area contributed by atoms with E-state index in [2.05, 4.69) is 48.1 Å². The largest absolute Gasteiger partial charge is 0.339 e. The van der Waals surface area contributed by atoms with Gasteiger partial charge in [0.25, 0.3) is 0 Å². The van der Waals surface area contributed by atoms with Crippen LogP contribution in [-0.4, -0.2) is 41.2 Å². The quantitative estimate of drug-likeness (QED) is 0.903. The van der Waals surface area contributed by atoms with Crippen molar-refractivity contribution >= 4 is 0 Å². The third-order valence-electron chi connectivity index (χ3n) is 3.44. The van der Waals surface area contributed by atoms with Crippen LogP contribution in [0.5, 0.6) is 0 Å².